The lowest BCUT2D eigenvalue weighted by Gasteiger charge is -2.20. The molecule has 1 aromatic carbocycles. The van der Waals surface area contributed by atoms with Crippen molar-refractivity contribution in [2.75, 3.05) is 0 Å². The molecule has 0 saturated heterocycles. The molecule has 0 saturated carbocycles. The standard InChI is InChI=1S/C21H18F4N4O/c22-15-5-3-11-26-19(15)17(12-7-9-13(10-8-12)21(23,24)25)27-20(30)18-14-4-1-2-6-16(14)28-29-18/h3,5,7-11,17H,1-2,4,6H2,(H,27,30)(H,28,29)/t17-/m0/s1. The van der Waals surface area contributed by atoms with E-state index in [-0.39, 0.29) is 17.0 Å². The molecule has 2 N–H and O–H groups in total. The maximum atomic E-state index is 14.4. The molecule has 4 rings (SSSR count). The molecule has 3 aromatic rings. The fraction of sp³-hybridized carbons (Fsp3) is 0.286. The number of halogens is 4. The van der Waals surface area contributed by atoms with Gasteiger partial charge >= 0.3 is 6.18 Å². The second-order valence-corrected chi connectivity index (χ2v) is 7.13. The lowest BCUT2D eigenvalue weighted by atomic mass is 9.95. The smallest absolute Gasteiger partial charge is 0.338 e. The molecular formula is C21H18F4N4O. The van der Waals surface area contributed by atoms with E-state index in [0.717, 1.165) is 42.7 Å². The van der Waals surface area contributed by atoms with Gasteiger partial charge in [0.15, 0.2) is 5.69 Å². The van der Waals surface area contributed by atoms with Crippen LogP contribution in [0.15, 0.2) is 42.6 Å². The second-order valence-electron chi connectivity index (χ2n) is 7.13. The SMILES string of the molecule is O=C(N[C@@H](c1ccc(C(F)(F)F)cc1)c1ncccc1F)c1n[nH]c2c1CCCC2. The van der Waals surface area contributed by atoms with Crippen LogP contribution in [-0.2, 0) is 19.0 Å². The zero-order chi connectivity index (χ0) is 21.3. The van der Waals surface area contributed by atoms with E-state index < -0.39 is 29.5 Å². The number of carbonyl (C=O) groups excluding carboxylic acids is 1. The topological polar surface area (TPSA) is 70.7 Å². The fourth-order valence-corrected chi connectivity index (χ4v) is 3.65. The van der Waals surface area contributed by atoms with Gasteiger partial charge in [0.05, 0.1) is 11.6 Å². The van der Waals surface area contributed by atoms with Crippen molar-refractivity contribution in [3.8, 4) is 0 Å². The number of H-pyrrole nitrogens is 1. The van der Waals surface area contributed by atoms with Crippen LogP contribution in [0.2, 0.25) is 0 Å². The lowest BCUT2D eigenvalue weighted by molar-refractivity contribution is -0.137. The molecule has 0 unspecified atom stereocenters. The molecule has 2 aromatic heterocycles. The van der Waals surface area contributed by atoms with E-state index in [9.17, 15) is 22.4 Å². The van der Waals surface area contributed by atoms with Crippen molar-refractivity contribution in [2.45, 2.75) is 37.9 Å². The highest BCUT2D eigenvalue weighted by molar-refractivity contribution is 5.94. The molecule has 2 heterocycles. The van der Waals surface area contributed by atoms with Crippen LogP contribution in [-0.4, -0.2) is 21.1 Å². The Morgan fingerprint density at radius 1 is 1.10 bits per heavy atom. The third-order valence-electron chi connectivity index (χ3n) is 5.18. The Balaban J connectivity index is 1.69. The third-order valence-corrected chi connectivity index (χ3v) is 5.18. The fourth-order valence-electron chi connectivity index (χ4n) is 3.65. The van der Waals surface area contributed by atoms with Gasteiger partial charge in [0, 0.05) is 17.5 Å². The molecule has 0 bridgehead atoms. The minimum atomic E-state index is -4.50. The van der Waals surface area contributed by atoms with E-state index in [1.807, 2.05) is 0 Å². The summed E-state index contributed by atoms with van der Waals surface area (Å²) in [5, 5.41) is 9.67. The summed E-state index contributed by atoms with van der Waals surface area (Å²) < 4.78 is 53.2. The van der Waals surface area contributed by atoms with Gasteiger partial charge in [-0.25, -0.2) is 4.39 Å². The van der Waals surface area contributed by atoms with Crippen LogP contribution in [0.3, 0.4) is 0 Å². The Morgan fingerprint density at radius 2 is 1.83 bits per heavy atom. The quantitative estimate of drug-likeness (QED) is 0.619. The molecule has 1 aliphatic carbocycles. The van der Waals surface area contributed by atoms with E-state index in [0.29, 0.717) is 6.42 Å². The van der Waals surface area contributed by atoms with E-state index in [1.165, 1.54) is 30.5 Å². The van der Waals surface area contributed by atoms with Gasteiger partial charge in [-0.3, -0.25) is 14.9 Å². The second kappa shape index (κ2) is 7.89. The van der Waals surface area contributed by atoms with Crippen molar-refractivity contribution in [1.29, 1.82) is 0 Å². The van der Waals surface area contributed by atoms with Gasteiger partial charge in [0.2, 0.25) is 0 Å². The van der Waals surface area contributed by atoms with Gasteiger partial charge in [-0.1, -0.05) is 12.1 Å². The average Bonchev–Trinajstić information content (AvgIpc) is 3.16. The number of amides is 1. The van der Waals surface area contributed by atoms with Gasteiger partial charge in [-0.15, -0.1) is 0 Å². The van der Waals surface area contributed by atoms with E-state index in [1.54, 1.807) is 0 Å². The van der Waals surface area contributed by atoms with E-state index in [2.05, 4.69) is 20.5 Å². The van der Waals surface area contributed by atoms with Gasteiger partial charge in [-0.05, 0) is 55.5 Å². The van der Waals surface area contributed by atoms with Gasteiger partial charge in [-0.2, -0.15) is 18.3 Å². The maximum Gasteiger partial charge on any atom is 0.416 e. The number of fused-ring (bicyclic) bond motifs is 1. The molecule has 0 fully saturated rings. The highest BCUT2D eigenvalue weighted by Gasteiger charge is 2.31. The first-order chi connectivity index (χ1) is 14.3. The molecule has 9 heteroatoms. The molecule has 5 nitrogen and oxygen atoms in total. The number of nitrogens with one attached hydrogen (secondary N) is 2. The highest BCUT2D eigenvalue weighted by atomic mass is 19.4. The van der Waals surface area contributed by atoms with Crippen molar-refractivity contribution in [2.24, 2.45) is 0 Å². The maximum absolute atomic E-state index is 14.4. The van der Waals surface area contributed by atoms with Gasteiger partial charge in [0.1, 0.15) is 11.5 Å². The average molecular weight is 418 g/mol. The number of aromatic nitrogens is 3. The van der Waals surface area contributed by atoms with Crippen LogP contribution in [0.25, 0.3) is 0 Å². The summed E-state index contributed by atoms with van der Waals surface area (Å²) in [6.07, 6.45) is 0.303. The number of carbonyl (C=O) groups is 1. The van der Waals surface area contributed by atoms with Gasteiger partial charge < -0.3 is 5.32 Å². The Hall–Kier alpha value is -3.23. The molecule has 1 aliphatic rings. The first-order valence-corrected chi connectivity index (χ1v) is 9.49. The molecule has 30 heavy (non-hydrogen) atoms. The number of pyridine rings is 1. The largest absolute Gasteiger partial charge is 0.416 e. The minimum absolute atomic E-state index is 0.0880. The molecule has 0 aliphatic heterocycles. The van der Waals surface area contributed by atoms with Crippen molar-refractivity contribution < 1.29 is 22.4 Å². The zero-order valence-electron chi connectivity index (χ0n) is 15.8. The van der Waals surface area contributed by atoms with Gasteiger partial charge in [0.25, 0.3) is 5.91 Å². The van der Waals surface area contributed by atoms with E-state index >= 15 is 0 Å². The number of hydrogen-bond acceptors (Lipinski definition) is 3. The molecule has 1 atom stereocenters. The lowest BCUT2D eigenvalue weighted by Crippen LogP contribution is -2.31. The number of nitrogens with zero attached hydrogens (tertiary/aromatic N) is 2. The monoisotopic (exact) mass is 418 g/mol. The first kappa shape index (κ1) is 20.1. The number of aryl methyl sites for hydroxylation is 1. The number of alkyl halides is 3. The molecule has 0 radical (unpaired) electrons. The summed E-state index contributed by atoms with van der Waals surface area (Å²) in [6.45, 7) is 0. The number of rotatable bonds is 4. The van der Waals surface area contributed by atoms with Crippen molar-refractivity contribution in [3.05, 3.63) is 82.2 Å². The van der Waals surface area contributed by atoms with Crippen LogP contribution < -0.4 is 5.32 Å². The Bertz CT molecular complexity index is 1060. The summed E-state index contributed by atoms with van der Waals surface area (Å²) in [4.78, 5) is 17.0. The minimum Gasteiger partial charge on any atom is -0.338 e. The Morgan fingerprint density at radius 3 is 2.53 bits per heavy atom. The normalized spacial score (nSPS) is 14.8. The van der Waals surface area contributed by atoms with Crippen LogP contribution in [0, 0.1) is 5.82 Å². The van der Waals surface area contributed by atoms with Crippen LogP contribution >= 0.6 is 0 Å². The highest BCUT2D eigenvalue weighted by Crippen LogP contribution is 2.31. The molecule has 0 spiro atoms. The molecule has 1 amide bonds. The predicted molar refractivity (Wildman–Crippen MR) is 100 cm³/mol. The number of aromatic amines is 1. The number of hydrogen-bond donors (Lipinski definition) is 2. The van der Waals surface area contributed by atoms with Crippen molar-refractivity contribution in [3.63, 3.8) is 0 Å². The van der Waals surface area contributed by atoms with Crippen LogP contribution in [0.5, 0.6) is 0 Å². The summed E-state index contributed by atoms with van der Waals surface area (Å²) >= 11 is 0. The van der Waals surface area contributed by atoms with Crippen LogP contribution in [0.4, 0.5) is 17.6 Å². The summed E-state index contributed by atoms with van der Waals surface area (Å²) in [5.74, 6) is -1.21. The Kier molecular flexibility index (Phi) is 5.27. The number of benzene rings is 1. The first-order valence-electron chi connectivity index (χ1n) is 9.49. The Labute approximate surface area is 169 Å². The summed E-state index contributed by atoms with van der Waals surface area (Å²) in [5.41, 5.74) is 1.30. The van der Waals surface area contributed by atoms with Crippen LogP contribution in [0.1, 0.15) is 57.5 Å². The molecule has 156 valence electrons. The third kappa shape index (κ3) is 3.92. The zero-order valence-corrected chi connectivity index (χ0v) is 15.8. The molecular weight excluding hydrogens is 400 g/mol. The predicted octanol–water partition coefficient (Wildman–Crippen LogP) is 4.36. The van der Waals surface area contributed by atoms with Crippen molar-refractivity contribution in [1.82, 2.24) is 20.5 Å². The summed E-state index contributed by atoms with van der Waals surface area (Å²) in [7, 11) is 0. The van der Waals surface area contributed by atoms with Crippen molar-refractivity contribution >= 4 is 5.91 Å². The summed E-state index contributed by atoms with van der Waals surface area (Å²) in [6, 6.07) is 5.72. The van der Waals surface area contributed by atoms with E-state index in [4.69, 9.17) is 0 Å².